The van der Waals surface area contributed by atoms with Gasteiger partial charge in [0, 0.05) is 28.9 Å². The molecule has 6 nitrogen and oxygen atoms in total. The average Bonchev–Trinajstić information content (AvgIpc) is 3.15. The highest BCUT2D eigenvalue weighted by molar-refractivity contribution is 7.14. The molecule has 1 aromatic heterocycles. The van der Waals surface area contributed by atoms with Crippen LogP contribution in [0.1, 0.15) is 12.0 Å². The number of amides is 1. The molecule has 3 rings (SSSR count). The molecule has 0 fully saturated rings. The lowest BCUT2D eigenvalue weighted by Gasteiger charge is -2.15. The molecule has 0 aliphatic rings. The Morgan fingerprint density at radius 3 is 2.41 bits per heavy atom. The van der Waals surface area contributed by atoms with E-state index in [1.807, 2.05) is 66.0 Å². The second-order valence-electron chi connectivity index (χ2n) is 6.00. The predicted octanol–water partition coefficient (Wildman–Crippen LogP) is 1.02. The van der Waals surface area contributed by atoms with Gasteiger partial charge in [0.25, 0.3) is 5.91 Å². The number of thiazole rings is 1. The number of carboxylic acid groups (broad SMARTS) is 1. The number of rotatable bonds is 8. The van der Waals surface area contributed by atoms with E-state index in [2.05, 4.69) is 10.3 Å². The summed E-state index contributed by atoms with van der Waals surface area (Å²) in [5.41, 5.74) is 2.73. The zero-order valence-electron chi connectivity index (χ0n) is 14.5. The Hall–Kier alpha value is -3.03. The highest BCUT2D eigenvalue weighted by Crippen LogP contribution is 2.24. The highest BCUT2D eigenvalue weighted by Gasteiger charge is 2.23. The second kappa shape index (κ2) is 9.07. The van der Waals surface area contributed by atoms with Crippen molar-refractivity contribution in [1.29, 1.82) is 0 Å². The lowest BCUT2D eigenvalue weighted by atomic mass is 10.1. The summed E-state index contributed by atoms with van der Waals surface area (Å²) in [6.45, 7) is 0.499. The molecule has 0 bridgehead atoms. The number of hydrogen-bond acceptors (Lipinski definition) is 5. The van der Waals surface area contributed by atoms with Crippen molar-refractivity contribution < 1.29 is 20.0 Å². The van der Waals surface area contributed by atoms with E-state index in [-0.39, 0.29) is 6.42 Å². The first-order valence-corrected chi connectivity index (χ1v) is 9.38. The van der Waals surface area contributed by atoms with Gasteiger partial charge < -0.3 is 15.2 Å². The summed E-state index contributed by atoms with van der Waals surface area (Å²) in [4.78, 5) is 28.0. The normalized spacial score (nSPS) is 11.7. The molecule has 0 spiro atoms. The van der Waals surface area contributed by atoms with Crippen molar-refractivity contribution >= 4 is 28.3 Å². The SMILES string of the molecule is O=C([O-])C[C@@H]([NH2+]Cc1ccccc1)C(=O)Nc1nc(-c2ccccc2)cs1. The molecule has 2 aromatic carbocycles. The molecule has 7 heteroatoms. The van der Waals surface area contributed by atoms with Gasteiger partial charge in [-0.05, 0) is 0 Å². The first-order chi connectivity index (χ1) is 13.1. The fourth-order valence-electron chi connectivity index (χ4n) is 2.63. The Labute approximate surface area is 160 Å². The van der Waals surface area contributed by atoms with Crippen molar-refractivity contribution in [2.24, 2.45) is 0 Å². The second-order valence-corrected chi connectivity index (χ2v) is 6.86. The Morgan fingerprint density at radius 2 is 1.74 bits per heavy atom. The van der Waals surface area contributed by atoms with Crippen LogP contribution in [0.15, 0.2) is 66.0 Å². The number of aliphatic carboxylic acids is 1. The molecule has 1 amide bonds. The maximum Gasteiger partial charge on any atom is 0.284 e. The minimum Gasteiger partial charge on any atom is -0.550 e. The van der Waals surface area contributed by atoms with Gasteiger partial charge in [-0.15, -0.1) is 11.3 Å². The summed E-state index contributed by atoms with van der Waals surface area (Å²) in [5.74, 6) is -1.66. The van der Waals surface area contributed by atoms with Gasteiger partial charge in [-0.3, -0.25) is 10.1 Å². The number of anilines is 1. The zero-order valence-corrected chi connectivity index (χ0v) is 15.3. The zero-order chi connectivity index (χ0) is 19.1. The molecule has 0 radical (unpaired) electrons. The summed E-state index contributed by atoms with van der Waals surface area (Å²) in [6, 6.07) is 18.4. The van der Waals surface area contributed by atoms with E-state index in [4.69, 9.17) is 0 Å². The maximum absolute atomic E-state index is 12.5. The molecule has 0 aliphatic heterocycles. The van der Waals surface area contributed by atoms with Crippen LogP contribution >= 0.6 is 11.3 Å². The lowest BCUT2D eigenvalue weighted by Crippen LogP contribution is -2.91. The minimum absolute atomic E-state index is 0.365. The van der Waals surface area contributed by atoms with Crippen molar-refractivity contribution in [3.05, 3.63) is 71.6 Å². The molecule has 1 atom stereocenters. The van der Waals surface area contributed by atoms with Gasteiger partial charge in [-0.2, -0.15) is 0 Å². The Balaban J connectivity index is 1.65. The monoisotopic (exact) mass is 381 g/mol. The van der Waals surface area contributed by atoms with Crippen LogP contribution in [0.4, 0.5) is 5.13 Å². The third-order valence-electron chi connectivity index (χ3n) is 4.01. The van der Waals surface area contributed by atoms with Crippen LogP contribution in [0.2, 0.25) is 0 Å². The molecule has 0 saturated carbocycles. The number of carbonyl (C=O) groups is 2. The van der Waals surface area contributed by atoms with Crippen LogP contribution in [0, 0.1) is 0 Å². The van der Waals surface area contributed by atoms with Crippen molar-refractivity contribution in [3.8, 4) is 11.3 Å². The fraction of sp³-hybridized carbons (Fsp3) is 0.150. The van der Waals surface area contributed by atoms with Crippen LogP contribution in [0.5, 0.6) is 0 Å². The molecule has 138 valence electrons. The Bertz CT molecular complexity index is 897. The van der Waals surface area contributed by atoms with Gasteiger partial charge in [0.1, 0.15) is 6.54 Å². The number of aromatic nitrogens is 1. The van der Waals surface area contributed by atoms with E-state index in [0.29, 0.717) is 11.7 Å². The van der Waals surface area contributed by atoms with Crippen molar-refractivity contribution in [3.63, 3.8) is 0 Å². The van der Waals surface area contributed by atoms with Gasteiger partial charge in [-0.1, -0.05) is 60.7 Å². The van der Waals surface area contributed by atoms with Crippen molar-refractivity contribution in [1.82, 2.24) is 4.98 Å². The number of quaternary nitrogens is 1. The number of nitrogens with one attached hydrogen (secondary N) is 1. The molecule has 0 unspecified atom stereocenters. The van der Waals surface area contributed by atoms with Crippen molar-refractivity contribution in [2.75, 3.05) is 5.32 Å². The van der Waals surface area contributed by atoms with Crippen LogP contribution in [0.25, 0.3) is 11.3 Å². The first-order valence-electron chi connectivity index (χ1n) is 8.51. The van der Waals surface area contributed by atoms with E-state index in [9.17, 15) is 14.7 Å². The predicted molar refractivity (Wildman–Crippen MR) is 102 cm³/mol. The lowest BCUT2D eigenvalue weighted by molar-refractivity contribution is -0.691. The summed E-state index contributed by atoms with van der Waals surface area (Å²) in [7, 11) is 0. The van der Waals surface area contributed by atoms with Gasteiger partial charge in [0.05, 0.1) is 5.69 Å². The molecular weight excluding hydrogens is 362 g/mol. The topological polar surface area (TPSA) is 98.7 Å². The van der Waals surface area contributed by atoms with Crippen LogP contribution in [-0.4, -0.2) is 22.9 Å². The largest absolute Gasteiger partial charge is 0.550 e. The summed E-state index contributed by atoms with van der Waals surface area (Å²) >= 11 is 1.30. The minimum atomic E-state index is -1.26. The number of nitrogens with zero attached hydrogens (tertiary/aromatic N) is 1. The van der Waals surface area contributed by atoms with Crippen molar-refractivity contribution in [2.45, 2.75) is 19.0 Å². The summed E-state index contributed by atoms with van der Waals surface area (Å²) in [5, 5.41) is 17.8. The van der Waals surface area contributed by atoms with Gasteiger partial charge >= 0.3 is 0 Å². The highest BCUT2D eigenvalue weighted by atomic mass is 32.1. The number of hydrogen-bond donors (Lipinski definition) is 2. The standard InChI is InChI=1S/C20H19N3O3S/c24-18(25)11-16(21-12-14-7-3-1-4-8-14)19(26)23-20-22-17(13-27-20)15-9-5-2-6-10-15/h1-10,13,16,21H,11-12H2,(H,24,25)(H,22,23,26)/t16-/m1/s1. The number of carboxylic acids is 1. The van der Waals surface area contributed by atoms with Gasteiger partial charge in [-0.25, -0.2) is 4.98 Å². The third-order valence-corrected chi connectivity index (χ3v) is 4.77. The average molecular weight is 381 g/mol. The van der Waals surface area contributed by atoms with Crippen LogP contribution in [-0.2, 0) is 16.1 Å². The number of nitrogens with two attached hydrogens (primary N) is 1. The Kier molecular flexibility index (Phi) is 6.30. The van der Waals surface area contributed by atoms with E-state index >= 15 is 0 Å². The summed E-state index contributed by atoms with van der Waals surface area (Å²) < 4.78 is 0. The smallest absolute Gasteiger partial charge is 0.284 e. The van der Waals surface area contributed by atoms with E-state index in [1.165, 1.54) is 11.3 Å². The number of benzene rings is 2. The quantitative estimate of drug-likeness (QED) is 0.609. The molecule has 3 N–H and O–H groups in total. The van der Waals surface area contributed by atoms with E-state index in [1.54, 1.807) is 5.32 Å². The molecular formula is C20H19N3O3S. The maximum atomic E-state index is 12.5. The molecule has 0 aliphatic carbocycles. The van der Waals surface area contributed by atoms with E-state index in [0.717, 1.165) is 16.8 Å². The summed E-state index contributed by atoms with van der Waals surface area (Å²) in [6.07, 6.45) is -0.365. The first kappa shape index (κ1) is 18.8. The van der Waals surface area contributed by atoms with Gasteiger partial charge in [0.2, 0.25) is 0 Å². The Morgan fingerprint density at radius 1 is 1.07 bits per heavy atom. The fourth-order valence-corrected chi connectivity index (χ4v) is 3.35. The van der Waals surface area contributed by atoms with Crippen LogP contribution in [0.3, 0.4) is 0 Å². The van der Waals surface area contributed by atoms with Crippen LogP contribution < -0.4 is 15.7 Å². The number of carbonyl (C=O) groups excluding carboxylic acids is 2. The van der Waals surface area contributed by atoms with E-state index < -0.39 is 17.9 Å². The molecule has 1 heterocycles. The molecule has 3 aromatic rings. The molecule has 0 saturated heterocycles. The van der Waals surface area contributed by atoms with Gasteiger partial charge in [0.15, 0.2) is 11.2 Å². The third kappa shape index (κ3) is 5.47. The molecule has 27 heavy (non-hydrogen) atoms.